The summed E-state index contributed by atoms with van der Waals surface area (Å²) in [6.45, 7) is 6.95. The highest BCUT2D eigenvalue weighted by Gasteiger charge is 2.32. The molecule has 1 saturated carbocycles. The second-order valence-electron chi connectivity index (χ2n) is 6.61. The fraction of sp³-hybridized carbons (Fsp3) is 0.526. The summed E-state index contributed by atoms with van der Waals surface area (Å²) >= 11 is 6.03. The molecule has 25 heavy (non-hydrogen) atoms. The number of halogens is 1. The molecule has 1 aromatic heterocycles. The van der Waals surface area contributed by atoms with E-state index < -0.39 is 0 Å². The van der Waals surface area contributed by atoms with Gasteiger partial charge in [-0.3, -0.25) is 14.2 Å². The second-order valence-corrected chi connectivity index (χ2v) is 7.05. The van der Waals surface area contributed by atoms with Crippen molar-refractivity contribution in [1.82, 2.24) is 14.5 Å². The molecule has 5 nitrogen and oxygen atoms in total. The van der Waals surface area contributed by atoms with E-state index >= 15 is 0 Å². The summed E-state index contributed by atoms with van der Waals surface area (Å²) in [6.07, 6.45) is 3.05. The average Bonchev–Trinajstić information content (AvgIpc) is 2.54. The van der Waals surface area contributed by atoms with Gasteiger partial charge in [0.25, 0.3) is 5.56 Å². The first-order valence-electron chi connectivity index (χ1n) is 8.98. The Hall–Kier alpha value is -1.88. The SMILES string of the molecule is CCN(C(=O)C1CCC1)C(C)c1nc2ccc(Cl)cc2c(=O)n1CC. The number of rotatable bonds is 5. The molecule has 3 rings (SSSR count). The number of carbonyl (C=O) groups excluding carboxylic acids is 1. The maximum atomic E-state index is 12.9. The number of carbonyl (C=O) groups is 1. The lowest BCUT2D eigenvalue weighted by molar-refractivity contribution is -0.140. The van der Waals surface area contributed by atoms with Crippen molar-refractivity contribution in [3.05, 3.63) is 39.4 Å². The van der Waals surface area contributed by atoms with E-state index in [1.807, 2.05) is 25.7 Å². The molecule has 1 atom stereocenters. The van der Waals surface area contributed by atoms with Crippen LogP contribution in [-0.4, -0.2) is 26.9 Å². The molecule has 1 aliphatic carbocycles. The molecule has 6 heteroatoms. The molecule has 0 saturated heterocycles. The van der Waals surface area contributed by atoms with Gasteiger partial charge in [-0.2, -0.15) is 0 Å². The first-order valence-corrected chi connectivity index (χ1v) is 9.36. The lowest BCUT2D eigenvalue weighted by atomic mass is 9.84. The first kappa shape index (κ1) is 17.9. The minimum atomic E-state index is -0.245. The topological polar surface area (TPSA) is 55.2 Å². The molecule has 1 fully saturated rings. The third-order valence-electron chi connectivity index (χ3n) is 5.18. The van der Waals surface area contributed by atoms with E-state index in [-0.39, 0.29) is 23.4 Å². The van der Waals surface area contributed by atoms with Crippen molar-refractivity contribution in [3.8, 4) is 0 Å². The minimum absolute atomic E-state index is 0.107. The van der Waals surface area contributed by atoms with Crippen molar-refractivity contribution >= 4 is 28.4 Å². The van der Waals surface area contributed by atoms with Gasteiger partial charge in [0.2, 0.25) is 5.91 Å². The zero-order valence-electron chi connectivity index (χ0n) is 15.0. The molecule has 1 amide bonds. The van der Waals surface area contributed by atoms with Gasteiger partial charge in [-0.05, 0) is 51.8 Å². The van der Waals surface area contributed by atoms with Crippen LogP contribution in [0.15, 0.2) is 23.0 Å². The summed E-state index contributed by atoms with van der Waals surface area (Å²) in [6, 6.07) is 4.91. The molecule has 134 valence electrons. The van der Waals surface area contributed by atoms with Gasteiger partial charge < -0.3 is 4.90 Å². The lowest BCUT2D eigenvalue weighted by Crippen LogP contribution is -2.42. The van der Waals surface area contributed by atoms with E-state index in [1.54, 1.807) is 22.8 Å². The fourth-order valence-electron chi connectivity index (χ4n) is 3.48. The molecule has 1 aliphatic rings. The molecule has 1 unspecified atom stereocenters. The van der Waals surface area contributed by atoms with E-state index in [9.17, 15) is 9.59 Å². The molecule has 1 aromatic carbocycles. The van der Waals surface area contributed by atoms with E-state index in [2.05, 4.69) is 0 Å². The number of aromatic nitrogens is 2. The van der Waals surface area contributed by atoms with Gasteiger partial charge in [-0.1, -0.05) is 18.0 Å². The molecule has 2 aromatic rings. The zero-order chi connectivity index (χ0) is 18.1. The van der Waals surface area contributed by atoms with Crippen LogP contribution in [0.1, 0.15) is 51.9 Å². The summed E-state index contributed by atoms with van der Waals surface area (Å²) in [5, 5.41) is 1.03. The molecular formula is C19H24ClN3O2. The predicted octanol–water partition coefficient (Wildman–Crippen LogP) is 3.78. The summed E-state index contributed by atoms with van der Waals surface area (Å²) in [5.41, 5.74) is 0.511. The van der Waals surface area contributed by atoms with Crippen LogP contribution >= 0.6 is 11.6 Å². The predicted molar refractivity (Wildman–Crippen MR) is 99.8 cm³/mol. The molecule has 0 aliphatic heterocycles. The van der Waals surface area contributed by atoms with Crippen LogP contribution in [0, 0.1) is 5.92 Å². The van der Waals surface area contributed by atoms with Gasteiger partial charge >= 0.3 is 0 Å². The number of hydrogen-bond acceptors (Lipinski definition) is 3. The second kappa shape index (κ2) is 7.16. The van der Waals surface area contributed by atoms with Crippen LogP contribution in [0.2, 0.25) is 5.02 Å². The van der Waals surface area contributed by atoms with Crippen molar-refractivity contribution in [2.75, 3.05) is 6.54 Å². The molecule has 1 heterocycles. The number of amides is 1. The highest BCUT2D eigenvalue weighted by atomic mass is 35.5. The van der Waals surface area contributed by atoms with E-state index in [1.165, 1.54) is 0 Å². The van der Waals surface area contributed by atoms with Crippen molar-refractivity contribution in [2.24, 2.45) is 5.92 Å². The third-order valence-corrected chi connectivity index (χ3v) is 5.42. The summed E-state index contributed by atoms with van der Waals surface area (Å²) in [7, 11) is 0. The molecule has 0 bridgehead atoms. The van der Waals surface area contributed by atoms with Crippen LogP contribution in [0.25, 0.3) is 10.9 Å². The van der Waals surface area contributed by atoms with Gasteiger partial charge in [-0.15, -0.1) is 0 Å². The molecule has 0 radical (unpaired) electrons. The maximum absolute atomic E-state index is 12.9. The minimum Gasteiger partial charge on any atom is -0.333 e. The Morgan fingerprint density at radius 2 is 2.12 bits per heavy atom. The van der Waals surface area contributed by atoms with Gasteiger partial charge in [0.1, 0.15) is 5.82 Å². The Morgan fingerprint density at radius 1 is 1.40 bits per heavy atom. The Labute approximate surface area is 152 Å². The quantitative estimate of drug-likeness (QED) is 0.814. The Balaban J connectivity index is 2.08. The van der Waals surface area contributed by atoms with Crippen LogP contribution < -0.4 is 5.56 Å². The summed E-state index contributed by atoms with van der Waals surface area (Å²) in [4.78, 5) is 32.2. The number of fused-ring (bicyclic) bond motifs is 1. The number of benzene rings is 1. The van der Waals surface area contributed by atoms with E-state index in [4.69, 9.17) is 16.6 Å². The van der Waals surface area contributed by atoms with Crippen LogP contribution in [-0.2, 0) is 11.3 Å². The smallest absolute Gasteiger partial charge is 0.261 e. The third kappa shape index (κ3) is 3.17. The molecule has 0 spiro atoms. The van der Waals surface area contributed by atoms with Crippen molar-refractivity contribution in [2.45, 2.75) is 52.6 Å². The highest BCUT2D eigenvalue weighted by Crippen LogP contribution is 2.31. The van der Waals surface area contributed by atoms with Crippen LogP contribution in [0.3, 0.4) is 0 Å². The Kier molecular flexibility index (Phi) is 5.13. The number of hydrogen-bond donors (Lipinski definition) is 0. The fourth-order valence-corrected chi connectivity index (χ4v) is 3.66. The van der Waals surface area contributed by atoms with E-state index in [0.717, 1.165) is 19.3 Å². The summed E-state index contributed by atoms with van der Waals surface area (Å²) in [5.74, 6) is 0.940. The van der Waals surface area contributed by atoms with Crippen LogP contribution in [0.5, 0.6) is 0 Å². The molecular weight excluding hydrogens is 338 g/mol. The van der Waals surface area contributed by atoms with Gasteiger partial charge in [-0.25, -0.2) is 4.98 Å². The first-order chi connectivity index (χ1) is 12.0. The normalized spacial score (nSPS) is 15.8. The Morgan fingerprint density at radius 3 is 2.68 bits per heavy atom. The standard InChI is InChI=1S/C19H24ClN3O2/c1-4-22(18(24)13-7-6-8-13)12(3)17-21-16-10-9-14(20)11-15(16)19(25)23(17)5-2/h9-13H,4-8H2,1-3H3. The molecule has 0 N–H and O–H groups in total. The van der Waals surface area contributed by atoms with E-state index in [0.29, 0.717) is 34.8 Å². The highest BCUT2D eigenvalue weighted by molar-refractivity contribution is 6.31. The lowest BCUT2D eigenvalue weighted by Gasteiger charge is -2.35. The zero-order valence-corrected chi connectivity index (χ0v) is 15.7. The van der Waals surface area contributed by atoms with Crippen molar-refractivity contribution < 1.29 is 4.79 Å². The largest absolute Gasteiger partial charge is 0.333 e. The number of nitrogens with zero attached hydrogens (tertiary/aromatic N) is 3. The van der Waals surface area contributed by atoms with Gasteiger partial charge in [0, 0.05) is 24.0 Å². The monoisotopic (exact) mass is 361 g/mol. The van der Waals surface area contributed by atoms with Crippen LogP contribution in [0.4, 0.5) is 0 Å². The summed E-state index contributed by atoms with van der Waals surface area (Å²) < 4.78 is 1.65. The van der Waals surface area contributed by atoms with Crippen molar-refractivity contribution in [1.29, 1.82) is 0 Å². The van der Waals surface area contributed by atoms with Gasteiger partial charge in [0.15, 0.2) is 0 Å². The van der Waals surface area contributed by atoms with Crippen molar-refractivity contribution in [3.63, 3.8) is 0 Å². The Bertz CT molecular complexity index is 858. The average molecular weight is 362 g/mol. The maximum Gasteiger partial charge on any atom is 0.261 e. The van der Waals surface area contributed by atoms with Gasteiger partial charge in [0.05, 0.1) is 16.9 Å².